The molecule has 1 aliphatic rings. The van der Waals surface area contributed by atoms with E-state index >= 15 is 0 Å². The maximum absolute atomic E-state index is 3.59. The molecule has 15 heavy (non-hydrogen) atoms. The van der Waals surface area contributed by atoms with Crippen LogP contribution in [0.1, 0.15) is 34.0 Å². The van der Waals surface area contributed by atoms with Crippen molar-refractivity contribution in [3.05, 3.63) is 34.4 Å². The van der Waals surface area contributed by atoms with Gasteiger partial charge in [0.25, 0.3) is 0 Å². The van der Waals surface area contributed by atoms with E-state index in [4.69, 9.17) is 0 Å². The average molecular weight is 221 g/mol. The Balaban J connectivity index is 2.30. The van der Waals surface area contributed by atoms with E-state index in [1.54, 1.807) is 0 Å². The molecule has 0 spiro atoms. The molecule has 0 bridgehead atoms. The van der Waals surface area contributed by atoms with E-state index in [0.717, 1.165) is 6.54 Å². The third kappa shape index (κ3) is 2.37. The minimum absolute atomic E-state index is 0.512. The summed E-state index contributed by atoms with van der Waals surface area (Å²) in [6.07, 6.45) is 1.30. The van der Waals surface area contributed by atoms with Crippen LogP contribution in [-0.4, -0.2) is 12.3 Å². The van der Waals surface area contributed by atoms with E-state index in [0.29, 0.717) is 5.37 Å². The van der Waals surface area contributed by atoms with Gasteiger partial charge in [0.2, 0.25) is 0 Å². The molecule has 2 rings (SSSR count). The van der Waals surface area contributed by atoms with Gasteiger partial charge in [-0.05, 0) is 61.7 Å². The number of benzene rings is 1. The molecule has 2 heteroatoms. The van der Waals surface area contributed by atoms with Crippen molar-refractivity contribution in [2.45, 2.75) is 32.6 Å². The van der Waals surface area contributed by atoms with Crippen LogP contribution in [0.5, 0.6) is 0 Å². The van der Waals surface area contributed by atoms with Crippen LogP contribution in [0.3, 0.4) is 0 Å². The summed E-state index contributed by atoms with van der Waals surface area (Å²) < 4.78 is 0. The minimum Gasteiger partial charge on any atom is -0.302 e. The molecule has 0 aliphatic carbocycles. The molecule has 1 fully saturated rings. The lowest BCUT2D eigenvalue weighted by atomic mass is 10.0. The highest BCUT2D eigenvalue weighted by atomic mass is 32.2. The maximum Gasteiger partial charge on any atom is 0.0792 e. The summed E-state index contributed by atoms with van der Waals surface area (Å²) in [5.41, 5.74) is 5.70. The van der Waals surface area contributed by atoms with Gasteiger partial charge < -0.3 is 5.32 Å². The van der Waals surface area contributed by atoms with Crippen molar-refractivity contribution >= 4 is 11.8 Å². The normalized spacial score (nSPS) is 21.7. The highest BCUT2D eigenvalue weighted by Crippen LogP contribution is 2.32. The van der Waals surface area contributed by atoms with E-state index in [2.05, 4.69) is 38.2 Å². The van der Waals surface area contributed by atoms with Gasteiger partial charge in [-0.1, -0.05) is 12.1 Å². The fourth-order valence-corrected chi connectivity index (χ4v) is 3.25. The second-order valence-corrected chi connectivity index (χ2v) is 5.56. The zero-order valence-corrected chi connectivity index (χ0v) is 10.6. The first kappa shape index (κ1) is 11.0. The standard InChI is InChI=1S/C13H19NS/c1-9-7-11(3)12(8-10(9)2)13-14-5-4-6-15-13/h7-8,13-14H,4-6H2,1-3H3. The van der Waals surface area contributed by atoms with Crippen LogP contribution in [0.2, 0.25) is 0 Å². The Bertz CT molecular complexity index is 354. The predicted molar refractivity (Wildman–Crippen MR) is 68.5 cm³/mol. The van der Waals surface area contributed by atoms with Crippen molar-refractivity contribution in [3.8, 4) is 0 Å². The molecule has 0 radical (unpaired) electrons. The van der Waals surface area contributed by atoms with Crippen LogP contribution in [-0.2, 0) is 0 Å². The second kappa shape index (κ2) is 4.58. The van der Waals surface area contributed by atoms with Gasteiger partial charge in [-0.3, -0.25) is 0 Å². The molecule has 1 aliphatic heterocycles. The molecule has 1 N–H and O–H groups in total. The number of hydrogen-bond acceptors (Lipinski definition) is 2. The van der Waals surface area contributed by atoms with Crippen LogP contribution in [0, 0.1) is 20.8 Å². The maximum atomic E-state index is 3.59. The Kier molecular flexibility index (Phi) is 3.37. The summed E-state index contributed by atoms with van der Waals surface area (Å²) in [6, 6.07) is 4.65. The Labute approximate surface area is 96.7 Å². The van der Waals surface area contributed by atoms with Gasteiger partial charge in [0.05, 0.1) is 5.37 Å². The fourth-order valence-electron chi connectivity index (χ4n) is 2.03. The fraction of sp³-hybridized carbons (Fsp3) is 0.538. The Morgan fingerprint density at radius 3 is 2.53 bits per heavy atom. The van der Waals surface area contributed by atoms with Crippen molar-refractivity contribution in [1.82, 2.24) is 5.32 Å². The van der Waals surface area contributed by atoms with E-state index in [1.165, 1.54) is 34.4 Å². The monoisotopic (exact) mass is 221 g/mol. The number of thioether (sulfide) groups is 1. The highest BCUT2D eigenvalue weighted by molar-refractivity contribution is 7.99. The SMILES string of the molecule is Cc1cc(C)c(C2NCCCS2)cc1C. The number of nitrogens with one attached hydrogen (secondary N) is 1. The summed E-state index contributed by atoms with van der Waals surface area (Å²) in [5.74, 6) is 1.28. The summed E-state index contributed by atoms with van der Waals surface area (Å²) in [7, 11) is 0. The molecular formula is C13H19NS. The molecule has 1 unspecified atom stereocenters. The van der Waals surface area contributed by atoms with Crippen molar-refractivity contribution < 1.29 is 0 Å². The number of aryl methyl sites for hydroxylation is 3. The van der Waals surface area contributed by atoms with Gasteiger partial charge in [-0.15, -0.1) is 11.8 Å². The first-order chi connectivity index (χ1) is 7.18. The van der Waals surface area contributed by atoms with E-state index in [9.17, 15) is 0 Å². The van der Waals surface area contributed by atoms with Crippen molar-refractivity contribution in [2.75, 3.05) is 12.3 Å². The molecule has 0 saturated carbocycles. The smallest absolute Gasteiger partial charge is 0.0792 e. The van der Waals surface area contributed by atoms with Gasteiger partial charge in [-0.25, -0.2) is 0 Å². The first-order valence-electron chi connectivity index (χ1n) is 5.61. The molecule has 0 aromatic heterocycles. The van der Waals surface area contributed by atoms with Gasteiger partial charge in [0.1, 0.15) is 0 Å². The summed E-state index contributed by atoms with van der Waals surface area (Å²) in [5, 5.41) is 4.10. The van der Waals surface area contributed by atoms with Gasteiger partial charge in [0, 0.05) is 0 Å². The van der Waals surface area contributed by atoms with E-state index in [1.807, 2.05) is 11.8 Å². The largest absolute Gasteiger partial charge is 0.302 e. The molecule has 82 valence electrons. The molecular weight excluding hydrogens is 202 g/mol. The van der Waals surface area contributed by atoms with Crippen LogP contribution in [0.4, 0.5) is 0 Å². The highest BCUT2D eigenvalue weighted by Gasteiger charge is 2.17. The van der Waals surface area contributed by atoms with Crippen molar-refractivity contribution in [2.24, 2.45) is 0 Å². The lowest BCUT2D eigenvalue weighted by Gasteiger charge is -2.25. The van der Waals surface area contributed by atoms with Crippen LogP contribution in [0.25, 0.3) is 0 Å². The molecule has 1 heterocycles. The molecule has 0 amide bonds. The lowest BCUT2D eigenvalue weighted by molar-refractivity contribution is 0.640. The third-order valence-electron chi connectivity index (χ3n) is 3.10. The van der Waals surface area contributed by atoms with Gasteiger partial charge in [-0.2, -0.15) is 0 Å². The molecule has 1 nitrogen and oxygen atoms in total. The topological polar surface area (TPSA) is 12.0 Å². The van der Waals surface area contributed by atoms with Crippen LogP contribution >= 0.6 is 11.8 Å². The third-order valence-corrected chi connectivity index (χ3v) is 4.38. The minimum atomic E-state index is 0.512. The Morgan fingerprint density at radius 1 is 1.13 bits per heavy atom. The lowest BCUT2D eigenvalue weighted by Crippen LogP contribution is -2.25. The zero-order valence-electron chi connectivity index (χ0n) is 9.76. The van der Waals surface area contributed by atoms with E-state index < -0.39 is 0 Å². The Hall–Kier alpha value is -0.470. The molecule has 1 saturated heterocycles. The van der Waals surface area contributed by atoms with Gasteiger partial charge in [0.15, 0.2) is 0 Å². The molecule has 1 aromatic rings. The van der Waals surface area contributed by atoms with Crippen molar-refractivity contribution in [1.29, 1.82) is 0 Å². The molecule has 1 aromatic carbocycles. The quantitative estimate of drug-likeness (QED) is 0.780. The average Bonchev–Trinajstić information content (AvgIpc) is 2.25. The number of hydrogen-bond donors (Lipinski definition) is 1. The summed E-state index contributed by atoms with van der Waals surface area (Å²) >= 11 is 2.03. The van der Waals surface area contributed by atoms with E-state index in [-0.39, 0.29) is 0 Å². The van der Waals surface area contributed by atoms with Gasteiger partial charge >= 0.3 is 0 Å². The summed E-state index contributed by atoms with van der Waals surface area (Å²) in [4.78, 5) is 0. The zero-order chi connectivity index (χ0) is 10.8. The van der Waals surface area contributed by atoms with Crippen LogP contribution in [0.15, 0.2) is 12.1 Å². The predicted octanol–water partition coefficient (Wildman–Crippen LogP) is 3.34. The number of rotatable bonds is 1. The first-order valence-corrected chi connectivity index (χ1v) is 6.66. The molecule has 1 atom stereocenters. The van der Waals surface area contributed by atoms with Crippen molar-refractivity contribution in [3.63, 3.8) is 0 Å². The van der Waals surface area contributed by atoms with Crippen LogP contribution < -0.4 is 5.32 Å². The summed E-state index contributed by atoms with van der Waals surface area (Å²) in [6.45, 7) is 7.77. The second-order valence-electron chi connectivity index (χ2n) is 4.35. The Morgan fingerprint density at radius 2 is 1.87 bits per heavy atom.